The zero-order chi connectivity index (χ0) is 28.9. The number of carbonyl (C=O) groups is 3. The fourth-order valence-electron chi connectivity index (χ4n) is 7.10. The van der Waals surface area contributed by atoms with Gasteiger partial charge in [-0.25, -0.2) is 4.79 Å². The summed E-state index contributed by atoms with van der Waals surface area (Å²) in [5.41, 5.74) is 2.80. The number of likely N-dealkylation sites (tertiary alicyclic amines) is 3. The van der Waals surface area contributed by atoms with Crippen LogP contribution in [-0.4, -0.2) is 120 Å². The molecule has 0 radical (unpaired) electrons. The number of para-hydroxylation sites is 1. The Morgan fingerprint density at radius 1 is 0.929 bits per heavy atom. The molecule has 226 valence electrons. The molecular formula is C31H44N8O3. The number of nitrogens with one attached hydrogen (secondary N) is 2. The molecule has 0 bridgehead atoms. The molecule has 5 heterocycles. The highest BCUT2D eigenvalue weighted by atomic mass is 16.2. The van der Waals surface area contributed by atoms with Gasteiger partial charge in [0.1, 0.15) is 6.67 Å². The van der Waals surface area contributed by atoms with Crippen molar-refractivity contribution in [2.75, 3.05) is 57.8 Å². The van der Waals surface area contributed by atoms with Gasteiger partial charge in [0.05, 0.1) is 18.2 Å². The fourth-order valence-corrected chi connectivity index (χ4v) is 7.10. The van der Waals surface area contributed by atoms with Gasteiger partial charge in [0.2, 0.25) is 11.8 Å². The lowest BCUT2D eigenvalue weighted by atomic mass is 9.98. The van der Waals surface area contributed by atoms with E-state index < -0.39 is 6.04 Å². The second-order valence-corrected chi connectivity index (χ2v) is 12.2. The zero-order valence-electron chi connectivity index (χ0n) is 24.5. The normalized spacial score (nSPS) is 23.0. The first-order chi connectivity index (χ1) is 20.5. The molecule has 5 aliphatic rings. The molecule has 3 saturated heterocycles. The van der Waals surface area contributed by atoms with E-state index in [9.17, 15) is 14.4 Å². The van der Waals surface area contributed by atoms with Gasteiger partial charge in [0, 0.05) is 63.3 Å². The first-order valence-electron chi connectivity index (χ1n) is 15.8. The van der Waals surface area contributed by atoms with Crippen molar-refractivity contribution in [2.45, 2.75) is 76.0 Å². The van der Waals surface area contributed by atoms with E-state index in [1.54, 1.807) is 6.21 Å². The number of aliphatic imine (C=N–C) groups is 2. The van der Waals surface area contributed by atoms with Crippen LogP contribution in [0.1, 0.15) is 56.9 Å². The van der Waals surface area contributed by atoms with Crippen LogP contribution in [0.15, 0.2) is 34.3 Å². The molecule has 0 aromatic heterocycles. The van der Waals surface area contributed by atoms with Gasteiger partial charge in [-0.15, -0.1) is 0 Å². The van der Waals surface area contributed by atoms with Crippen molar-refractivity contribution in [3.63, 3.8) is 0 Å². The maximum absolute atomic E-state index is 13.8. The predicted octanol–water partition coefficient (Wildman–Crippen LogP) is 2.33. The third-order valence-electron chi connectivity index (χ3n) is 9.60. The number of anilines is 1. The lowest BCUT2D eigenvalue weighted by Crippen LogP contribution is -2.55. The molecule has 2 N–H and O–H groups in total. The van der Waals surface area contributed by atoms with E-state index in [-0.39, 0.29) is 30.3 Å². The van der Waals surface area contributed by atoms with E-state index in [0.717, 1.165) is 55.7 Å². The van der Waals surface area contributed by atoms with Gasteiger partial charge in [-0.1, -0.05) is 24.6 Å². The Labute approximate surface area is 248 Å². The number of fused-ring (bicyclic) bond motifs is 1. The molecule has 3 fully saturated rings. The minimum absolute atomic E-state index is 0.00881. The number of amides is 4. The third kappa shape index (κ3) is 6.67. The van der Waals surface area contributed by atoms with Crippen molar-refractivity contribution in [1.82, 2.24) is 24.9 Å². The Morgan fingerprint density at radius 2 is 1.64 bits per heavy atom. The molecule has 0 aliphatic carbocycles. The molecule has 1 aromatic carbocycles. The number of urea groups is 1. The van der Waals surface area contributed by atoms with Gasteiger partial charge in [-0.3, -0.25) is 24.9 Å². The minimum Gasteiger partial charge on any atom is -0.342 e. The largest absolute Gasteiger partial charge is 0.342 e. The van der Waals surface area contributed by atoms with Crippen molar-refractivity contribution in [3.8, 4) is 0 Å². The first kappa shape index (κ1) is 28.8. The topological polar surface area (TPSA) is 113 Å². The van der Waals surface area contributed by atoms with Gasteiger partial charge < -0.3 is 24.9 Å². The molecule has 1 aromatic rings. The number of benzene rings is 1. The summed E-state index contributed by atoms with van der Waals surface area (Å²) in [6.45, 7) is 6.41. The average molecular weight is 577 g/mol. The van der Waals surface area contributed by atoms with Crippen LogP contribution < -0.4 is 10.6 Å². The lowest BCUT2D eigenvalue weighted by Gasteiger charge is -2.41. The quantitative estimate of drug-likeness (QED) is 0.493. The smallest absolute Gasteiger partial charge is 0.322 e. The fraction of sp³-hybridized carbons (Fsp3) is 0.645. The molecule has 4 amide bonds. The molecular weight excluding hydrogens is 532 g/mol. The molecule has 6 rings (SSSR count). The Balaban J connectivity index is 1.03. The number of piperidine rings is 3. The van der Waals surface area contributed by atoms with E-state index in [1.165, 1.54) is 32.4 Å². The summed E-state index contributed by atoms with van der Waals surface area (Å²) >= 11 is 0. The van der Waals surface area contributed by atoms with E-state index in [4.69, 9.17) is 0 Å². The lowest BCUT2D eigenvalue weighted by molar-refractivity contribution is -0.140. The highest BCUT2D eigenvalue weighted by molar-refractivity contribution is 6.32. The van der Waals surface area contributed by atoms with Crippen LogP contribution >= 0.6 is 0 Å². The Hall–Kier alpha value is -3.31. The van der Waals surface area contributed by atoms with Crippen LogP contribution in [0.2, 0.25) is 0 Å². The number of rotatable bonds is 8. The number of carbonyl (C=O) groups excluding carboxylic acids is 3. The highest BCUT2D eigenvalue weighted by Crippen LogP contribution is 2.28. The van der Waals surface area contributed by atoms with Crippen LogP contribution in [-0.2, 0) is 16.1 Å². The molecule has 1 atom stereocenters. The second-order valence-electron chi connectivity index (χ2n) is 12.2. The maximum atomic E-state index is 13.8. The van der Waals surface area contributed by atoms with Gasteiger partial charge in [-0.2, -0.15) is 0 Å². The van der Waals surface area contributed by atoms with Crippen molar-refractivity contribution < 1.29 is 14.4 Å². The monoisotopic (exact) mass is 576 g/mol. The summed E-state index contributed by atoms with van der Waals surface area (Å²) < 4.78 is 0. The number of hydrogen-bond donors (Lipinski definition) is 2. The van der Waals surface area contributed by atoms with E-state index >= 15 is 0 Å². The van der Waals surface area contributed by atoms with Crippen LogP contribution in [0.3, 0.4) is 0 Å². The highest BCUT2D eigenvalue weighted by Gasteiger charge is 2.35. The van der Waals surface area contributed by atoms with Crippen molar-refractivity contribution in [1.29, 1.82) is 0 Å². The summed E-state index contributed by atoms with van der Waals surface area (Å²) in [5.74, 6) is -0.00695. The Kier molecular flexibility index (Phi) is 9.14. The van der Waals surface area contributed by atoms with Crippen LogP contribution in [0.25, 0.3) is 0 Å². The summed E-state index contributed by atoms with van der Waals surface area (Å²) in [7, 11) is 0. The van der Waals surface area contributed by atoms with Gasteiger partial charge >= 0.3 is 6.03 Å². The molecule has 0 saturated carbocycles. The molecule has 1 unspecified atom stereocenters. The Bertz CT molecular complexity index is 1200. The standard InChI is InChI=1S/C31H44N8O3/c40-29(37-14-10-26(11-15-37)39-21-23-6-2-3-7-27(23)35-31(39)42)18-28(33-20-24-19-32-22-34-24)30(41)38-16-8-25(9-17-38)36-12-4-1-5-13-36/h2-3,6-7,19,25-26,28,33H,1,4-5,8-18,20-22H2,(H,35,42). The molecule has 11 nitrogen and oxygen atoms in total. The van der Waals surface area contributed by atoms with Crippen molar-refractivity contribution in [2.24, 2.45) is 9.98 Å². The van der Waals surface area contributed by atoms with E-state index in [1.807, 2.05) is 39.0 Å². The molecule has 42 heavy (non-hydrogen) atoms. The van der Waals surface area contributed by atoms with E-state index in [2.05, 4.69) is 25.5 Å². The van der Waals surface area contributed by atoms with Crippen LogP contribution in [0.5, 0.6) is 0 Å². The Morgan fingerprint density at radius 3 is 2.38 bits per heavy atom. The SMILES string of the molecule is O=C(CC(NCC1=NCN=C1)C(=O)N1CCC(N2CCCCC2)CC1)N1CCC(N2Cc3ccccc3NC2=O)CC1. The van der Waals surface area contributed by atoms with Crippen molar-refractivity contribution in [3.05, 3.63) is 29.8 Å². The summed E-state index contributed by atoms with van der Waals surface area (Å²) in [6.07, 6.45) is 9.17. The minimum atomic E-state index is -0.595. The van der Waals surface area contributed by atoms with Crippen LogP contribution in [0, 0.1) is 0 Å². The summed E-state index contributed by atoms with van der Waals surface area (Å²) in [6, 6.07) is 7.87. The van der Waals surface area contributed by atoms with Crippen molar-refractivity contribution >= 4 is 35.5 Å². The average Bonchev–Trinajstić information content (AvgIpc) is 3.57. The summed E-state index contributed by atoms with van der Waals surface area (Å²) in [5, 5.41) is 6.35. The molecule has 0 spiro atoms. The predicted molar refractivity (Wildman–Crippen MR) is 163 cm³/mol. The third-order valence-corrected chi connectivity index (χ3v) is 9.60. The number of hydrogen-bond acceptors (Lipinski definition) is 7. The maximum Gasteiger partial charge on any atom is 0.322 e. The van der Waals surface area contributed by atoms with Gasteiger partial charge in [0.25, 0.3) is 0 Å². The molecule has 11 heteroatoms. The zero-order valence-corrected chi connectivity index (χ0v) is 24.5. The van der Waals surface area contributed by atoms with Crippen LogP contribution in [0.4, 0.5) is 10.5 Å². The second kappa shape index (κ2) is 13.3. The summed E-state index contributed by atoms with van der Waals surface area (Å²) in [4.78, 5) is 56.9. The number of nitrogens with zero attached hydrogens (tertiary/aromatic N) is 6. The first-order valence-corrected chi connectivity index (χ1v) is 15.8. The molecule has 5 aliphatic heterocycles. The van der Waals surface area contributed by atoms with E-state index in [0.29, 0.717) is 38.9 Å². The van der Waals surface area contributed by atoms with Gasteiger partial charge in [-0.05, 0) is 63.2 Å². The van der Waals surface area contributed by atoms with Gasteiger partial charge in [0.15, 0.2) is 0 Å².